The van der Waals surface area contributed by atoms with Crippen molar-refractivity contribution in [1.29, 1.82) is 0 Å². The second kappa shape index (κ2) is 7.40. The van der Waals surface area contributed by atoms with E-state index in [1.54, 1.807) is 37.4 Å². The van der Waals surface area contributed by atoms with E-state index in [4.69, 9.17) is 4.74 Å². The van der Waals surface area contributed by atoms with Gasteiger partial charge in [0.15, 0.2) is 0 Å². The summed E-state index contributed by atoms with van der Waals surface area (Å²) in [5.74, 6) is -0.660. The molecule has 0 aliphatic rings. The first-order valence-electron chi connectivity index (χ1n) is 6.98. The minimum atomic E-state index is -0.528. The Morgan fingerprint density at radius 1 is 1.13 bits per heavy atom. The zero-order valence-electron chi connectivity index (χ0n) is 12.9. The fourth-order valence-electron chi connectivity index (χ4n) is 2.04. The topological polar surface area (TPSA) is 58.6 Å². The molecule has 23 heavy (non-hydrogen) atoms. The summed E-state index contributed by atoms with van der Waals surface area (Å²) in [5, 5.41) is 2.46. The minimum Gasteiger partial charge on any atom is -0.497 e. The van der Waals surface area contributed by atoms with Crippen LogP contribution in [0.5, 0.6) is 5.75 Å². The molecule has 0 bridgehead atoms. The summed E-state index contributed by atoms with van der Waals surface area (Å²) < 4.78 is 18.6. The average molecular weight is 316 g/mol. The summed E-state index contributed by atoms with van der Waals surface area (Å²) in [4.78, 5) is 25.2. The van der Waals surface area contributed by atoms with E-state index in [-0.39, 0.29) is 18.1 Å². The highest BCUT2D eigenvalue weighted by Crippen LogP contribution is 2.20. The van der Waals surface area contributed by atoms with E-state index in [1.165, 1.54) is 30.0 Å². The van der Waals surface area contributed by atoms with E-state index in [0.717, 1.165) is 0 Å². The van der Waals surface area contributed by atoms with Crippen LogP contribution in [0.3, 0.4) is 0 Å². The third-order valence-corrected chi connectivity index (χ3v) is 3.21. The van der Waals surface area contributed by atoms with Crippen LogP contribution < -0.4 is 15.0 Å². The van der Waals surface area contributed by atoms with Gasteiger partial charge in [0.25, 0.3) is 0 Å². The maximum absolute atomic E-state index is 13.5. The van der Waals surface area contributed by atoms with Crippen LogP contribution in [0.15, 0.2) is 48.5 Å². The molecule has 0 aliphatic heterocycles. The molecule has 5 nitrogen and oxygen atoms in total. The number of nitrogens with one attached hydrogen (secondary N) is 1. The second-order valence-electron chi connectivity index (χ2n) is 4.83. The predicted octanol–water partition coefficient (Wildman–Crippen LogP) is 2.83. The molecule has 0 aliphatic carbocycles. The van der Waals surface area contributed by atoms with Crippen LogP contribution in [0.4, 0.5) is 15.8 Å². The Balaban J connectivity index is 2.11. The van der Waals surface area contributed by atoms with Gasteiger partial charge in [-0.1, -0.05) is 12.1 Å². The van der Waals surface area contributed by atoms with Gasteiger partial charge in [0.1, 0.15) is 18.1 Å². The number of halogens is 1. The molecule has 2 amide bonds. The molecule has 1 N–H and O–H groups in total. The number of benzene rings is 2. The van der Waals surface area contributed by atoms with Crippen LogP contribution in [0.1, 0.15) is 6.92 Å². The van der Waals surface area contributed by atoms with Crippen molar-refractivity contribution in [3.8, 4) is 5.75 Å². The zero-order chi connectivity index (χ0) is 16.8. The van der Waals surface area contributed by atoms with Crippen LogP contribution in [0, 0.1) is 5.82 Å². The van der Waals surface area contributed by atoms with Gasteiger partial charge in [0, 0.05) is 12.6 Å². The Bertz CT molecular complexity index is 701. The molecule has 0 aromatic heterocycles. The van der Waals surface area contributed by atoms with Gasteiger partial charge in [-0.2, -0.15) is 0 Å². The number of carbonyl (C=O) groups excluding carboxylic acids is 2. The van der Waals surface area contributed by atoms with E-state index in [9.17, 15) is 14.0 Å². The lowest BCUT2D eigenvalue weighted by atomic mass is 10.2. The molecule has 0 radical (unpaired) electrons. The van der Waals surface area contributed by atoms with Gasteiger partial charge in [-0.3, -0.25) is 9.59 Å². The number of nitrogens with zero attached hydrogens (tertiary/aromatic N) is 1. The number of amides is 2. The van der Waals surface area contributed by atoms with Crippen molar-refractivity contribution in [1.82, 2.24) is 0 Å². The summed E-state index contributed by atoms with van der Waals surface area (Å²) in [6.07, 6.45) is 0. The Morgan fingerprint density at radius 2 is 1.78 bits per heavy atom. The monoisotopic (exact) mass is 316 g/mol. The molecule has 0 atom stereocenters. The summed E-state index contributed by atoms with van der Waals surface area (Å²) in [5.41, 5.74) is 0.637. The van der Waals surface area contributed by atoms with Gasteiger partial charge < -0.3 is 15.0 Å². The number of carbonyl (C=O) groups is 2. The van der Waals surface area contributed by atoms with Gasteiger partial charge in [-0.05, 0) is 36.4 Å². The van der Waals surface area contributed by atoms with Crippen LogP contribution in [-0.4, -0.2) is 25.5 Å². The smallest absolute Gasteiger partial charge is 0.244 e. The molecule has 0 unspecified atom stereocenters. The van der Waals surface area contributed by atoms with Gasteiger partial charge in [-0.25, -0.2) is 4.39 Å². The Labute approximate surface area is 133 Å². The number of ether oxygens (including phenoxy) is 1. The Morgan fingerprint density at radius 3 is 2.35 bits per heavy atom. The quantitative estimate of drug-likeness (QED) is 0.923. The number of para-hydroxylation sites is 1. The lowest BCUT2D eigenvalue weighted by Gasteiger charge is -2.21. The van der Waals surface area contributed by atoms with E-state index < -0.39 is 11.7 Å². The number of hydrogen-bond acceptors (Lipinski definition) is 3. The van der Waals surface area contributed by atoms with Crippen molar-refractivity contribution in [2.75, 3.05) is 23.9 Å². The standard InChI is InChI=1S/C17H17FN2O3/c1-12(21)20(13-7-9-14(23-2)10-8-13)11-17(22)19-16-6-4-3-5-15(16)18/h3-10H,11H2,1-2H3,(H,19,22). The lowest BCUT2D eigenvalue weighted by molar-refractivity contribution is -0.120. The average Bonchev–Trinajstić information content (AvgIpc) is 2.55. The second-order valence-corrected chi connectivity index (χ2v) is 4.83. The fourth-order valence-corrected chi connectivity index (χ4v) is 2.04. The van der Waals surface area contributed by atoms with Crippen molar-refractivity contribution in [2.45, 2.75) is 6.92 Å². The highest BCUT2D eigenvalue weighted by Gasteiger charge is 2.16. The summed E-state index contributed by atoms with van der Waals surface area (Å²) >= 11 is 0. The maximum Gasteiger partial charge on any atom is 0.244 e. The van der Waals surface area contributed by atoms with Crippen molar-refractivity contribution in [3.05, 3.63) is 54.3 Å². The molecule has 0 heterocycles. The lowest BCUT2D eigenvalue weighted by Crippen LogP contribution is -2.36. The molecule has 0 saturated carbocycles. The predicted molar refractivity (Wildman–Crippen MR) is 86.1 cm³/mol. The first-order chi connectivity index (χ1) is 11.0. The molecule has 120 valence electrons. The van der Waals surface area contributed by atoms with Crippen LogP contribution in [0.2, 0.25) is 0 Å². The molecule has 0 fully saturated rings. The zero-order valence-corrected chi connectivity index (χ0v) is 12.9. The number of hydrogen-bond donors (Lipinski definition) is 1. The summed E-state index contributed by atoms with van der Waals surface area (Å²) in [6.45, 7) is 1.15. The fraction of sp³-hybridized carbons (Fsp3) is 0.176. The summed E-state index contributed by atoms with van der Waals surface area (Å²) in [6, 6.07) is 12.6. The largest absolute Gasteiger partial charge is 0.497 e. The third-order valence-electron chi connectivity index (χ3n) is 3.21. The van der Waals surface area contributed by atoms with Crippen molar-refractivity contribution in [2.24, 2.45) is 0 Å². The van der Waals surface area contributed by atoms with Gasteiger partial charge >= 0.3 is 0 Å². The van der Waals surface area contributed by atoms with Crippen LogP contribution in [0.25, 0.3) is 0 Å². The van der Waals surface area contributed by atoms with Crippen molar-refractivity contribution >= 4 is 23.2 Å². The molecular formula is C17H17FN2O3. The molecule has 0 spiro atoms. The molecule has 6 heteroatoms. The Kier molecular flexibility index (Phi) is 5.30. The normalized spacial score (nSPS) is 10.0. The van der Waals surface area contributed by atoms with Gasteiger partial charge in [-0.15, -0.1) is 0 Å². The minimum absolute atomic E-state index is 0.0794. The van der Waals surface area contributed by atoms with E-state index in [0.29, 0.717) is 11.4 Å². The maximum atomic E-state index is 13.5. The first kappa shape index (κ1) is 16.5. The molecule has 2 aromatic rings. The summed E-state index contributed by atoms with van der Waals surface area (Å²) in [7, 11) is 1.54. The highest BCUT2D eigenvalue weighted by molar-refractivity contribution is 6.01. The van der Waals surface area contributed by atoms with Gasteiger partial charge in [0.2, 0.25) is 11.8 Å². The van der Waals surface area contributed by atoms with Crippen molar-refractivity contribution in [3.63, 3.8) is 0 Å². The Hall–Kier alpha value is -2.89. The first-order valence-corrected chi connectivity index (χ1v) is 6.98. The number of anilines is 2. The highest BCUT2D eigenvalue weighted by atomic mass is 19.1. The van der Waals surface area contributed by atoms with E-state index in [1.807, 2.05) is 0 Å². The van der Waals surface area contributed by atoms with Crippen LogP contribution in [-0.2, 0) is 9.59 Å². The van der Waals surface area contributed by atoms with Gasteiger partial charge in [0.05, 0.1) is 12.8 Å². The number of rotatable bonds is 5. The third kappa shape index (κ3) is 4.29. The van der Waals surface area contributed by atoms with E-state index in [2.05, 4.69) is 5.32 Å². The molecule has 2 rings (SSSR count). The molecular weight excluding hydrogens is 299 g/mol. The van der Waals surface area contributed by atoms with Crippen molar-refractivity contribution < 1.29 is 18.7 Å². The SMILES string of the molecule is COc1ccc(N(CC(=O)Nc2ccccc2F)C(C)=O)cc1. The molecule has 0 saturated heterocycles. The van der Waals surface area contributed by atoms with Crippen LogP contribution >= 0.6 is 0 Å². The van der Waals surface area contributed by atoms with E-state index >= 15 is 0 Å². The number of methoxy groups -OCH3 is 1. The molecule has 2 aromatic carbocycles.